The lowest BCUT2D eigenvalue weighted by molar-refractivity contribution is 0.553. The second-order valence-electron chi connectivity index (χ2n) is 5.70. The topological polar surface area (TPSA) is 44.5 Å². The predicted molar refractivity (Wildman–Crippen MR) is 83.7 cm³/mol. The van der Waals surface area contributed by atoms with Crippen molar-refractivity contribution < 1.29 is 8.23 Å². The molecule has 0 saturated carbocycles. The van der Waals surface area contributed by atoms with Gasteiger partial charge < -0.3 is 14.0 Å². The molecule has 0 spiro atoms. The van der Waals surface area contributed by atoms with Gasteiger partial charge in [-0.2, -0.15) is 0 Å². The van der Waals surface area contributed by atoms with E-state index >= 15 is 0 Å². The van der Waals surface area contributed by atoms with Crippen molar-refractivity contribution in [1.82, 2.24) is 0 Å². The summed E-state index contributed by atoms with van der Waals surface area (Å²) in [5.41, 5.74) is 6.76. The maximum absolute atomic E-state index is 6.37. The quantitative estimate of drug-likeness (QED) is 0.666. The third-order valence-electron chi connectivity index (χ3n) is 2.49. The molecule has 3 radical (unpaired) electrons. The summed E-state index contributed by atoms with van der Waals surface area (Å²) in [6.07, 6.45) is 1.10. The maximum Gasteiger partial charge on any atom is 0.211 e. The molecule has 0 saturated heterocycles. The molecule has 0 aromatic heterocycles. The van der Waals surface area contributed by atoms with Crippen LogP contribution in [0.3, 0.4) is 0 Å². The first-order valence-corrected chi connectivity index (χ1v) is 16.0. The zero-order valence-electron chi connectivity index (χ0n) is 12.2. The van der Waals surface area contributed by atoms with Crippen molar-refractivity contribution in [2.45, 2.75) is 57.4 Å². The van der Waals surface area contributed by atoms with Crippen molar-refractivity contribution in [3.8, 4) is 0 Å². The lowest BCUT2D eigenvalue weighted by atomic mass is 10.5. The molecule has 3 nitrogen and oxygen atoms in total. The fourth-order valence-electron chi connectivity index (χ4n) is 2.00. The third-order valence-corrected chi connectivity index (χ3v) is 16.1. The van der Waals surface area contributed by atoms with E-state index in [-0.39, 0.29) is 0 Å². The summed E-state index contributed by atoms with van der Waals surface area (Å²) >= 11 is 0. The SMILES string of the molecule is C[Si]O[Si](C)(C)C[Si](C)O[Si](C)(C)CCCN. The number of hydrogen-bond donors (Lipinski definition) is 1. The Bertz CT molecular complexity index is 214. The summed E-state index contributed by atoms with van der Waals surface area (Å²) in [6.45, 7) is 14.4. The van der Waals surface area contributed by atoms with Gasteiger partial charge in [-0.15, -0.1) is 0 Å². The Morgan fingerprint density at radius 2 is 1.76 bits per heavy atom. The van der Waals surface area contributed by atoms with E-state index < -0.39 is 25.7 Å². The molecule has 0 amide bonds. The van der Waals surface area contributed by atoms with Gasteiger partial charge in [-0.3, -0.25) is 0 Å². The van der Waals surface area contributed by atoms with Crippen LogP contribution in [0.5, 0.6) is 0 Å². The van der Waals surface area contributed by atoms with Gasteiger partial charge in [0.1, 0.15) is 0 Å². The zero-order valence-corrected chi connectivity index (χ0v) is 16.2. The van der Waals surface area contributed by atoms with Crippen LogP contribution in [0.25, 0.3) is 0 Å². The second-order valence-corrected chi connectivity index (χ2v) is 18.1. The molecule has 0 atom stereocenters. The van der Waals surface area contributed by atoms with Gasteiger partial charge in [0, 0.05) is 0 Å². The molecule has 7 heteroatoms. The molecule has 17 heavy (non-hydrogen) atoms. The molecule has 101 valence electrons. The molecule has 2 N–H and O–H groups in total. The zero-order chi connectivity index (χ0) is 13.5. The third kappa shape index (κ3) is 9.34. The van der Waals surface area contributed by atoms with E-state index in [1.807, 2.05) is 0 Å². The minimum absolute atomic E-state index is 0.614. The molecule has 0 aliphatic rings. The number of rotatable bonds is 9. The van der Waals surface area contributed by atoms with E-state index in [1.54, 1.807) is 0 Å². The summed E-state index contributed by atoms with van der Waals surface area (Å²) in [7, 11) is -3.02. The van der Waals surface area contributed by atoms with E-state index in [2.05, 4.69) is 39.3 Å². The minimum Gasteiger partial charge on any atom is -0.456 e. The lowest BCUT2D eigenvalue weighted by Crippen LogP contribution is -2.43. The van der Waals surface area contributed by atoms with Gasteiger partial charge >= 0.3 is 0 Å². The van der Waals surface area contributed by atoms with Crippen LogP contribution in [0, 0.1) is 0 Å². The smallest absolute Gasteiger partial charge is 0.211 e. The van der Waals surface area contributed by atoms with Gasteiger partial charge in [0.15, 0.2) is 25.7 Å². The summed E-state index contributed by atoms with van der Waals surface area (Å²) in [5.74, 6) is 0. The highest BCUT2D eigenvalue weighted by atomic mass is 28.4. The molecular formula is C10H28NO2Si4. The fourth-order valence-corrected chi connectivity index (χ4v) is 16.1. The Hall–Kier alpha value is 0.748. The molecule has 0 fully saturated rings. The van der Waals surface area contributed by atoms with Crippen molar-refractivity contribution in [2.24, 2.45) is 5.73 Å². The summed E-state index contributed by atoms with van der Waals surface area (Å²) in [6, 6.07) is 1.18. The van der Waals surface area contributed by atoms with Crippen LogP contribution in [0.4, 0.5) is 0 Å². The minimum atomic E-state index is -1.48. The van der Waals surface area contributed by atoms with Crippen molar-refractivity contribution in [3.63, 3.8) is 0 Å². The van der Waals surface area contributed by atoms with Gasteiger partial charge in [-0.25, -0.2) is 0 Å². The van der Waals surface area contributed by atoms with Gasteiger partial charge in [0.05, 0.1) is 0 Å². The maximum atomic E-state index is 6.37. The average Bonchev–Trinajstić information content (AvgIpc) is 2.12. The van der Waals surface area contributed by atoms with Crippen molar-refractivity contribution in [1.29, 1.82) is 0 Å². The molecule has 0 aromatic carbocycles. The van der Waals surface area contributed by atoms with Crippen LogP contribution in [0.2, 0.25) is 51.0 Å². The Morgan fingerprint density at radius 1 is 1.18 bits per heavy atom. The van der Waals surface area contributed by atoms with Crippen molar-refractivity contribution >= 4 is 35.4 Å². The van der Waals surface area contributed by atoms with Crippen LogP contribution >= 0.6 is 0 Å². The van der Waals surface area contributed by atoms with Gasteiger partial charge in [-0.05, 0) is 64.0 Å². The van der Waals surface area contributed by atoms with Crippen LogP contribution in [0.1, 0.15) is 6.42 Å². The normalized spacial score (nSPS) is 13.4. The lowest BCUT2D eigenvalue weighted by Gasteiger charge is -2.30. The first kappa shape index (κ1) is 17.7. The Labute approximate surface area is 113 Å². The van der Waals surface area contributed by atoms with Gasteiger partial charge in [0.2, 0.25) is 9.76 Å². The van der Waals surface area contributed by atoms with Crippen LogP contribution in [-0.4, -0.2) is 42.0 Å². The highest BCUT2D eigenvalue weighted by Gasteiger charge is 2.31. The molecule has 0 aliphatic heterocycles. The molecule has 0 bridgehead atoms. The molecule has 0 rings (SSSR count). The standard InChI is InChI=1S/C10H28NO2Si4/c1-14-12-17(5,6)10-15(2)13-16(3,4)9-7-8-11/h7-11H2,1-6H3. The van der Waals surface area contributed by atoms with Crippen LogP contribution in [0.15, 0.2) is 0 Å². The Kier molecular flexibility index (Phi) is 8.38. The molecule has 0 heterocycles. The first-order valence-electron chi connectivity index (χ1n) is 6.29. The fraction of sp³-hybridized carbons (Fsp3) is 1.00. The average molecular weight is 307 g/mol. The largest absolute Gasteiger partial charge is 0.456 e. The first-order chi connectivity index (χ1) is 7.72. The van der Waals surface area contributed by atoms with Crippen LogP contribution < -0.4 is 5.73 Å². The Balaban J connectivity index is 4.11. The second kappa shape index (κ2) is 8.03. The highest BCUT2D eigenvalue weighted by molar-refractivity contribution is 6.87. The Morgan fingerprint density at radius 3 is 2.24 bits per heavy atom. The van der Waals surface area contributed by atoms with E-state index in [0.29, 0.717) is 9.76 Å². The number of hydrogen-bond acceptors (Lipinski definition) is 3. The van der Waals surface area contributed by atoms with Crippen molar-refractivity contribution in [2.75, 3.05) is 6.54 Å². The summed E-state index contributed by atoms with van der Waals surface area (Å²) in [4.78, 5) is 0. The van der Waals surface area contributed by atoms with E-state index in [9.17, 15) is 0 Å². The summed E-state index contributed by atoms with van der Waals surface area (Å²) in [5, 5.41) is 0. The molecular weight excluding hydrogens is 278 g/mol. The highest BCUT2D eigenvalue weighted by Crippen LogP contribution is 2.19. The molecule has 0 unspecified atom stereocenters. The van der Waals surface area contributed by atoms with Gasteiger partial charge in [-0.1, -0.05) is 0 Å². The predicted octanol–water partition coefficient (Wildman–Crippen LogP) is 2.61. The van der Waals surface area contributed by atoms with Gasteiger partial charge in [0.25, 0.3) is 0 Å². The number of nitrogens with two attached hydrogens (primary N) is 1. The van der Waals surface area contributed by atoms with E-state index in [1.165, 1.54) is 11.7 Å². The summed E-state index contributed by atoms with van der Waals surface area (Å²) < 4.78 is 12.3. The van der Waals surface area contributed by atoms with E-state index in [0.717, 1.165) is 13.0 Å². The molecule has 0 aromatic rings. The monoisotopic (exact) mass is 306 g/mol. The van der Waals surface area contributed by atoms with Crippen molar-refractivity contribution in [3.05, 3.63) is 0 Å². The van der Waals surface area contributed by atoms with E-state index in [4.69, 9.17) is 14.0 Å². The molecule has 0 aliphatic carbocycles. The van der Waals surface area contributed by atoms with Crippen LogP contribution in [-0.2, 0) is 8.23 Å².